The number of nitrogens with zero attached hydrogens (tertiary/aromatic N) is 2. The number of piperidine rings is 1. The second-order valence-electron chi connectivity index (χ2n) is 8.03. The zero-order valence-electron chi connectivity index (χ0n) is 17.2. The molecule has 1 saturated heterocycles. The number of rotatable bonds is 7. The fourth-order valence-electron chi connectivity index (χ4n) is 4.16. The Labute approximate surface area is 180 Å². The van der Waals surface area contributed by atoms with Crippen molar-refractivity contribution in [1.29, 1.82) is 0 Å². The molecule has 4 rings (SSSR count). The van der Waals surface area contributed by atoms with E-state index in [4.69, 9.17) is 4.74 Å². The lowest BCUT2D eigenvalue weighted by Crippen LogP contribution is -2.40. The Balaban J connectivity index is 1.30. The summed E-state index contributed by atoms with van der Waals surface area (Å²) in [4.78, 5) is 25.0. The van der Waals surface area contributed by atoms with E-state index in [1.807, 2.05) is 19.9 Å². The number of esters is 1. The molecule has 1 aliphatic heterocycles. The molecule has 30 heavy (non-hydrogen) atoms. The maximum absolute atomic E-state index is 12.6. The van der Waals surface area contributed by atoms with E-state index < -0.39 is 16.0 Å². The van der Waals surface area contributed by atoms with Crippen molar-refractivity contribution in [3.05, 3.63) is 40.5 Å². The quantitative estimate of drug-likeness (QED) is 0.477. The van der Waals surface area contributed by atoms with Gasteiger partial charge >= 0.3 is 5.97 Å². The van der Waals surface area contributed by atoms with Crippen LogP contribution in [-0.4, -0.2) is 48.7 Å². The van der Waals surface area contributed by atoms with Crippen molar-refractivity contribution >= 4 is 33.1 Å². The Bertz CT molecular complexity index is 1040. The normalized spacial score (nSPS) is 18.5. The van der Waals surface area contributed by atoms with E-state index in [2.05, 4.69) is 4.57 Å². The van der Waals surface area contributed by atoms with Crippen LogP contribution < -0.4 is 0 Å². The molecule has 1 saturated carbocycles. The van der Waals surface area contributed by atoms with Crippen LogP contribution in [0.3, 0.4) is 0 Å². The maximum atomic E-state index is 12.6. The minimum absolute atomic E-state index is 0.193. The number of sulfonamides is 1. The van der Waals surface area contributed by atoms with Crippen LogP contribution in [-0.2, 0) is 19.6 Å². The lowest BCUT2D eigenvalue weighted by atomic mass is 9.98. The third-order valence-corrected chi connectivity index (χ3v) is 9.19. The van der Waals surface area contributed by atoms with Crippen LogP contribution in [0.2, 0.25) is 0 Å². The highest BCUT2D eigenvalue weighted by atomic mass is 32.2. The predicted molar refractivity (Wildman–Crippen MR) is 113 cm³/mol. The molecule has 9 heteroatoms. The number of ketones is 1. The Hall–Kier alpha value is -1.97. The number of Topliss-reactive ketones (excluding diaryl/α,β-unsaturated/α-hetero) is 1. The van der Waals surface area contributed by atoms with Gasteiger partial charge in [-0.3, -0.25) is 9.59 Å². The van der Waals surface area contributed by atoms with E-state index in [0.29, 0.717) is 28.7 Å². The second kappa shape index (κ2) is 8.28. The summed E-state index contributed by atoms with van der Waals surface area (Å²) in [5.41, 5.74) is 2.61. The Morgan fingerprint density at radius 3 is 2.47 bits per heavy atom. The van der Waals surface area contributed by atoms with E-state index in [9.17, 15) is 18.0 Å². The molecule has 162 valence electrons. The number of aryl methyl sites for hydroxylation is 1. The van der Waals surface area contributed by atoms with Crippen LogP contribution >= 0.6 is 11.3 Å². The summed E-state index contributed by atoms with van der Waals surface area (Å²) in [7, 11) is -3.49. The van der Waals surface area contributed by atoms with E-state index >= 15 is 0 Å². The van der Waals surface area contributed by atoms with Crippen molar-refractivity contribution in [2.24, 2.45) is 5.92 Å². The van der Waals surface area contributed by atoms with Crippen molar-refractivity contribution in [2.45, 2.75) is 49.8 Å². The number of hydrogen-bond donors (Lipinski definition) is 0. The van der Waals surface area contributed by atoms with Gasteiger partial charge in [0.1, 0.15) is 4.21 Å². The van der Waals surface area contributed by atoms with Crippen molar-refractivity contribution in [1.82, 2.24) is 8.87 Å². The zero-order chi connectivity index (χ0) is 21.5. The fourth-order valence-corrected chi connectivity index (χ4v) is 6.77. The third kappa shape index (κ3) is 4.10. The first-order valence-electron chi connectivity index (χ1n) is 10.2. The molecular weight excluding hydrogens is 424 g/mol. The fraction of sp³-hybridized carbons (Fsp3) is 0.524. The van der Waals surface area contributed by atoms with E-state index in [-0.39, 0.29) is 31.4 Å². The van der Waals surface area contributed by atoms with Crippen molar-refractivity contribution in [3.8, 4) is 0 Å². The van der Waals surface area contributed by atoms with Crippen LogP contribution in [0.25, 0.3) is 0 Å². The molecule has 0 N–H and O–H groups in total. The molecule has 0 amide bonds. The molecule has 0 atom stereocenters. The summed E-state index contributed by atoms with van der Waals surface area (Å²) in [6, 6.07) is 5.66. The molecule has 1 aliphatic carbocycles. The number of carbonyl (C=O) groups excluding carboxylic acids is 2. The molecule has 3 heterocycles. The lowest BCUT2D eigenvalue weighted by Gasteiger charge is -2.29. The highest BCUT2D eigenvalue weighted by Crippen LogP contribution is 2.38. The average Bonchev–Trinajstić information content (AvgIpc) is 3.29. The van der Waals surface area contributed by atoms with Gasteiger partial charge in [0.25, 0.3) is 10.0 Å². The van der Waals surface area contributed by atoms with Gasteiger partial charge in [0, 0.05) is 36.1 Å². The summed E-state index contributed by atoms with van der Waals surface area (Å²) >= 11 is 1.19. The number of carbonyl (C=O) groups is 2. The third-order valence-electron chi connectivity index (χ3n) is 5.92. The van der Waals surface area contributed by atoms with Gasteiger partial charge in [-0.15, -0.1) is 11.3 Å². The monoisotopic (exact) mass is 450 g/mol. The molecule has 0 radical (unpaired) electrons. The molecular formula is C21H26N2O5S2. The first-order valence-corrected chi connectivity index (χ1v) is 12.5. The van der Waals surface area contributed by atoms with Crippen molar-refractivity contribution in [2.75, 3.05) is 19.7 Å². The van der Waals surface area contributed by atoms with Gasteiger partial charge < -0.3 is 9.30 Å². The summed E-state index contributed by atoms with van der Waals surface area (Å²) in [5, 5.41) is 1.73. The number of aromatic nitrogens is 1. The van der Waals surface area contributed by atoms with Gasteiger partial charge in [-0.1, -0.05) is 6.07 Å². The standard InChI is InChI=1S/C21H26N2O5S2/c1-14-12-18(15(2)23(14)17-5-6-17)19(24)13-28-21(25)16-7-9-22(10-8-16)30(26,27)20-4-3-11-29-20/h3-4,11-12,16-17H,5-10,13H2,1-2H3. The summed E-state index contributed by atoms with van der Waals surface area (Å²) in [6.07, 6.45) is 3.07. The highest BCUT2D eigenvalue weighted by molar-refractivity contribution is 7.91. The second-order valence-corrected chi connectivity index (χ2v) is 11.1. The SMILES string of the molecule is Cc1cc(C(=O)COC(=O)C2CCN(S(=O)(=O)c3cccs3)CC2)c(C)n1C1CC1. The molecule has 2 aromatic rings. The molecule has 2 aliphatic rings. The Morgan fingerprint density at radius 1 is 1.17 bits per heavy atom. The molecule has 0 unspecified atom stereocenters. The first kappa shape index (κ1) is 21.3. The van der Waals surface area contributed by atoms with Crippen LogP contribution in [0.15, 0.2) is 27.8 Å². The van der Waals surface area contributed by atoms with Gasteiger partial charge in [0.05, 0.1) is 5.92 Å². The van der Waals surface area contributed by atoms with E-state index in [1.54, 1.807) is 17.5 Å². The van der Waals surface area contributed by atoms with Gasteiger partial charge in [-0.2, -0.15) is 4.31 Å². The smallest absolute Gasteiger partial charge is 0.309 e. The summed E-state index contributed by atoms with van der Waals surface area (Å²) < 4.78 is 34.4. The van der Waals surface area contributed by atoms with Gasteiger partial charge in [-0.25, -0.2) is 8.42 Å². The van der Waals surface area contributed by atoms with Gasteiger partial charge in [0.15, 0.2) is 6.61 Å². The zero-order valence-corrected chi connectivity index (χ0v) is 18.8. The molecule has 2 fully saturated rings. The van der Waals surface area contributed by atoms with E-state index in [0.717, 1.165) is 24.2 Å². The summed E-state index contributed by atoms with van der Waals surface area (Å²) in [6.45, 7) is 4.20. The molecule has 2 aromatic heterocycles. The van der Waals surface area contributed by atoms with Crippen LogP contribution in [0.5, 0.6) is 0 Å². The van der Waals surface area contributed by atoms with Crippen molar-refractivity contribution in [3.63, 3.8) is 0 Å². The molecule has 0 aromatic carbocycles. The van der Waals surface area contributed by atoms with Gasteiger partial charge in [0.2, 0.25) is 5.78 Å². The molecule has 0 spiro atoms. The Kier molecular flexibility index (Phi) is 5.87. The predicted octanol–water partition coefficient (Wildman–Crippen LogP) is 3.33. The minimum Gasteiger partial charge on any atom is -0.457 e. The number of thiophene rings is 1. The first-order chi connectivity index (χ1) is 14.3. The van der Waals surface area contributed by atoms with Crippen LogP contribution in [0.1, 0.15) is 53.5 Å². The van der Waals surface area contributed by atoms with Gasteiger partial charge in [-0.05, 0) is 57.0 Å². The average molecular weight is 451 g/mol. The van der Waals surface area contributed by atoms with Crippen LogP contribution in [0, 0.1) is 19.8 Å². The molecule has 0 bridgehead atoms. The van der Waals surface area contributed by atoms with E-state index in [1.165, 1.54) is 15.6 Å². The number of ether oxygens (including phenoxy) is 1. The number of hydrogen-bond acceptors (Lipinski definition) is 6. The van der Waals surface area contributed by atoms with Crippen LogP contribution in [0.4, 0.5) is 0 Å². The minimum atomic E-state index is -3.49. The van der Waals surface area contributed by atoms with Crippen molar-refractivity contribution < 1.29 is 22.7 Å². The summed E-state index contributed by atoms with van der Waals surface area (Å²) in [5.74, 6) is -1.000. The molecule has 7 nitrogen and oxygen atoms in total. The Morgan fingerprint density at radius 2 is 1.87 bits per heavy atom. The topological polar surface area (TPSA) is 85.7 Å². The lowest BCUT2D eigenvalue weighted by molar-refractivity contribution is -0.148. The highest BCUT2D eigenvalue weighted by Gasteiger charge is 2.34. The largest absolute Gasteiger partial charge is 0.457 e. The maximum Gasteiger partial charge on any atom is 0.309 e.